The van der Waals surface area contributed by atoms with Crippen LogP contribution in [0.5, 0.6) is 0 Å². The van der Waals surface area contributed by atoms with Gasteiger partial charge in [-0.3, -0.25) is 4.79 Å². The largest absolute Gasteiger partial charge is 0.307 e. The van der Waals surface area contributed by atoms with Crippen LogP contribution >= 0.6 is 0 Å². The number of ketones is 1. The fraction of sp³-hybridized carbons (Fsp3) is 0.500. The molecule has 0 aliphatic heterocycles. The number of benzene rings is 1. The van der Waals surface area contributed by atoms with Crippen LogP contribution in [0.4, 0.5) is 0 Å². The van der Waals surface area contributed by atoms with Crippen molar-refractivity contribution in [3.63, 3.8) is 0 Å². The van der Waals surface area contributed by atoms with E-state index in [2.05, 4.69) is 12.2 Å². The molecular weight excluding hydrogens is 198 g/mol. The van der Waals surface area contributed by atoms with E-state index in [4.69, 9.17) is 0 Å². The molecule has 16 heavy (non-hydrogen) atoms. The maximum Gasteiger partial charge on any atom is 0.179 e. The van der Waals surface area contributed by atoms with Crippen LogP contribution in [0.25, 0.3) is 0 Å². The molecule has 2 heteroatoms. The molecule has 88 valence electrons. The number of hydrogen-bond acceptors (Lipinski definition) is 2. The fourth-order valence-electron chi connectivity index (χ4n) is 1.78. The van der Waals surface area contributed by atoms with E-state index in [9.17, 15) is 4.79 Å². The van der Waals surface area contributed by atoms with Crippen molar-refractivity contribution in [2.24, 2.45) is 0 Å². The van der Waals surface area contributed by atoms with E-state index in [1.165, 1.54) is 0 Å². The van der Waals surface area contributed by atoms with E-state index in [0.717, 1.165) is 31.4 Å². The summed E-state index contributed by atoms with van der Waals surface area (Å²) in [4.78, 5) is 12.2. The Morgan fingerprint density at radius 2 is 1.94 bits per heavy atom. The molecule has 1 N–H and O–H groups in total. The lowest BCUT2D eigenvalue weighted by Gasteiger charge is -2.16. The second-order valence-electron chi connectivity index (χ2n) is 3.98. The van der Waals surface area contributed by atoms with Gasteiger partial charge in [0.25, 0.3) is 0 Å². The first-order valence-electron chi connectivity index (χ1n) is 6.12. The molecule has 0 aromatic heterocycles. The number of carbonyl (C=O) groups excluding carboxylic acids is 1. The SMILES string of the molecule is CCCC[C@@H](NCC)C(=O)c1ccccc1. The first-order valence-corrected chi connectivity index (χ1v) is 6.12. The summed E-state index contributed by atoms with van der Waals surface area (Å²) in [6, 6.07) is 9.52. The van der Waals surface area contributed by atoms with Crippen molar-refractivity contribution in [3.8, 4) is 0 Å². The number of likely N-dealkylation sites (N-methyl/N-ethyl adjacent to an activating group) is 1. The molecule has 0 unspecified atom stereocenters. The zero-order valence-corrected chi connectivity index (χ0v) is 10.2. The van der Waals surface area contributed by atoms with Gasteiger partial charge in [-0.15, -0.1) is 0 Å². The fourth-order valence-corrected chi connectivity index (χ4v) is 1.78. The van der Waals surface area contributed by atoms with Gasteiger partial charge in [0.05, 0.1) is 6.04 Å². The van der Waals surface area contributed by atoms with Crippen LogP contribution in [0.2, 0.25) is 0 Å². The number of Topliss-reactive ketones (excluding diaryl/α,β-unsaturated/α-hetero) is 1. The Kier molecular flexibility index (Phi) is 5.79. The Morgan fingerprint density at radius 3 is 2.50 bits per heavy atom. The molecule has 0 amide bonds. The van der Waals surface area contributed by atoms with Crippen LogP contribution in [-0.2, 0) is 0 Å². The van der Waals surface area contributed by atoms with Crippen LogP contribution in [-0.4, -0.2) is 18.4 Å². The summed E-state index contributed by atoms with van der Waals surface area (Å²) < 4.78 is 0. The average molecular weight is 219 g/mol. The summed E-state index contributed by atoms with van der Waals surface area (Å²) in [5.74, 6) is 0.218. The summed E-state index contributed by atoms with van der Waals surface area (Å²) in [6.45, 7) is 5.03. The lowest BCUT2D eigenvalue weighted by molar-refractivity contribution is 0.0937. The van der Waals surface area contributed by atoms with Crippen molar-refractivity contribution in [3.05, 3.63) is 35.9 Å². The van der Waals surface area contributed by atoms with Crippen molar-refractivity contribution in [2.45, 2.75) is 39.2 Å². The molecule has 0 fully saturated rings. The number of unbranched alkanes of at least 4 members (excludes halogenated alkanes) is 1. The van der Waals surface area contributed by atoms with E-state index in [0.29, 0.717) is 0 Å². The summed E-state index contributed by atoms with van der Waals surface area (Å²) in [7, 11) is 0. The molecule has 0 spiro atoms. The number of hydrogen-bond donors (Lipinski definition) is 1. The van der Waals surface area contributed by atoms with Crippen LogP contribution in [0.3, 0.4) is 0 Å². The van der Waals surface area contributed by atoms with Gasteiger partial charge in [-0.25, -0.2) is 0 Å². The molecule has 0 bridgehead atoms. The summed E-state index contributed by atoms with van der Waals surface area (Å²) in [5.41, 5.74) is 0.810. The Labute approximate surface area is 98.1 Å². The van der Waals surface area contributed by atoms with Crippen LogP contribution in [0.1, 0.15) is 43.5 Å². The molecule has 0 aliphatic carbocycles. The molecule has 2 nitrogen and oxygen atoms in total. The topological polar surface area (TPSA) is 29.1 Å². The van der Waals surface area contributed by atoms with Gasteiger partial charge < -0.3 is 5.32 Å². The molecular formula is C14H21NO. The number of rotatable bonds is 7. The zero-order valence-electron chi connectivity index (χ0n) is 10.2. The van der Waals surface area contributed by atoms with Gasteiger partial charge in [0.1, 0.15) is 0 Å². The molecule has 0 saturated heterocycles. The Balaban J connectivity index is 2.67. The van der Waals surface area contributed by atoms with Crippen molar-refractivity contribution in [2.75, 3.05) is 6.54 Å². The van der Waals surface area contributed by atoms with Gasteiger partial charge in [0.2, 0.25) is 0 Å². The monoisotopic (exact) mass is 219 g/mol. The first kappa shape index (κ1) is 12.9. The molecule has 0 aliphatic rings. The predicted molar refractivity (Wildman–Crippen MR) is 67.8 cm³/mol. The maximum atomic E-state index is 12.2. The molecule has 1 aromatic carbocycles. The van der Waals surface area contributed by atoms with Crippen LogP contribution in [0, 0.1) is 0 Å². The van der Waals surface area contributed by atoms with Crippen molar-refractivity contribution < 1.29 is 4.79 Å². The predicted octanol–water partition coefficient (Wildman–Crippen LogP) is 3.04. The third-order valence-corrected chi connectivity index (χ3v) is 2.67. The highest BCUT2D eigenvalue weighted by molar-refractivity contribution is 6.00. The molecule has 1 rings (SSSR count). The third-order valence-electron chi connectivity index (χ3n) is 2.67. The highest BCUT2D eigenvalue weighted by Crippen LogP contribution is 2.09. The standard InChI is InChI=1S/C14H21NO/c1-3-5-11-13(15-4-2)14(16)12-9-7-6-8-10-12/h6-10,13,15H,3-5,11H2,1-2H3/t13-/m1/s1. The number of nitrogens with one attached hydrogen (secondary N) is 1. The van der Waals surface area contributed by atoms with Crippen LogP contribution in [0.15, 0.2) is 30.3 Å². The van der Waals surface area contributed by atoms with Gasteiger partial charge in [-0.05, 0) is 13.0 Å². The molecule has 0 radical (unpaired) electrons. The summed E-state index contributed by atoms with van der Waals surface area (Å²) in [5, 5.41) is 3.27. The maximum absolute atomic E-state index is 12.2. The third kappa shape index (κ3) is 3.78. The van der Waals surface area contributed by atoms with Crippen molar-refractivity contribution in [1.82, 2.24) is 5.32 Å². The van der Waals surface area contributed by atoms with E-state index < -0.39 is 0 Å². The quantitative estimate of drug-likeness (QED) is 0.714. The van der Waals surface area contributed by atoms with Gasteiger partial charge in [-0.2, -0.15) is 0 Å². The minimum atomic E-state index is -0.0210. The Morgan fingerprint density at radius 1 is 1.25 bits per heavy atom. The molecule has 1 atom stereocenters. The first-order chi connectivity index (χ1) is 7.79. The lowest BCUT2D eigenvalue weighted by atomic mass is 9.99. The van der Waals surface area contributed by atoms with Crippen LogP contribution < -0.4 is 5.32 Å². The van der Waals surface area contributed by atoms with Gasteiger partial charge >= 0.3 is 0 Å². The van der Waals surface area contributed by atoms with Crippen molar-refractivity contribution >= 4 is 5.78 Å². The van der Waals surface area contributed by atoms with Gasteiger partial charge in [0.15, 0.2) is 5.78 Å². The normalized spacial score (nSPS) is 12.4. The molecule has 0 saturated carbocycles. The van der Waals surface area contributed by atoms with Gasteiger partial charge in [0, 0.05) is 5.56 Å². The highest BCUT2D eigenvalue weighted by Gasteiger charge is 2.17. The second-order valence-corrected chi connectivity index (χ2v) is 3.98. The van der Waals surface area contributed by atoms with Gasteiger partial charge in [-0.1, -0.05) is 57.0 Å². The van der Waals surface area contributed by atoms with E-state index in [1.807, 2.05) is 37.3 Å². The second kappa shape index (κ2) is 7.18. The van der Waals surface area contributed by atoms with E-state index >= 15 is 0 Å². The zero-order chi connectivity index (χ0) is 11.8. The summed E-state index contributed by atoms with van der Waals surface area (Å²) >= 11 is 0. The Hall–Kier alpha value is -1.15. The van der Waals surface area contributed by atoms with E-state index in [-0.39, 0.29) is 11.8 Å². The smallest absolute Gasteiger partial charge is 0.179 e. The van der Waals surface area contributed by atoms with E-state index in [1.54, 1.807) is 0 Å². The van der Waals surface area contributed by atoms with Crippen molar-refractivity contribution in [1.29, 1.82) is 0 Å². The Bertz CT molecular complexity index is 308. The summed E-state index contributed by atoms with van der Waals surface area (Å²) in [6.07, 6.45) is 3.15. The lowest BCUT2D eigenvalue weighted by Crippen LogP contribution is -2.36. The minimum absolute atomic E-state index is 0.0210. The molecule has 1 aromatic rings. The highest BCUT2D eigenvalue weighted by atomic mass is 16.1. The average Bonchev–Trinajstić information content (AvgIpc) is 2.35. The number of carbonyl (C=O) groups is 1. The minimum Gasteiger partial charge on any atom is -0.307 e. The molecule has 0 heterocycles.